The summed E-state index contributed by atoms with van der Waals surface area (Å²) in [4.78, 5) is 0. The number of aliphatic hydroxyl groups is 1. The van der Waals surface area contributed by atoms with E-state index in [4.69, 9.17) is 5.41 Å². The number of nitrogens with zero attached hydrogens (tertiary/aromatic N) is 2. The van der Waals surface area contributed by atoms with Crippen molar-refractivity contribution in [1.82, 2.24) is 9.13 Å². The average Bonchev–Trinajstić information content (AvgIpc) is 2.44. The van der Waals surface area contributed by atoms with E-state index in [1.807, 2.05) is 40.4 Å². The third-order valence-corrected chi connectivity index (χ3v) is 2.55. The van der Waals surface area contributed by atoms with E-state index in [0.717, 1.165) is 11.0 Å². The standard InChI is InChI=1S/C11H15N3O/c1-8(15)7-14-10-6-4-3-5-9(10)13(2)11(14)12/h3-6,8,12,15H,7H2,1-2H3/t8-/m0/s1. The van der Waals surface area contributed by atoms with E-state index >= 15 is 0 Å². The molecular formula is C11H15N3O. The fourth-order valence-electron chi connectivity index (χ4n) is 1.83. The van der Waals surface area contributed by atoms with Crippen molar-refractivity contribution >= 4 is 11.0 Å². The number of para-hydroxylation sites is 2. The van der Waals surface area contributed by atoms with Crippen LogP contribution in [0.5, 0.6) is 0 Å². The van der Waals surface area contributed by atoms with Crippen LogP contribution in [0.1, 0.15) is 6.92 Å². The summed E-state index contributed by atoms with van der Waals surface area (Å²) in [6.07, 6.45) is -0.440. The number of aryl methyl sites for hydroxylation is 1. The van der Waals surface area contributed by atoms with Crippen molar-refractivity contribution in [3.05, 3.63) is 29.9 Å². The zero-order valence-corrected chi connectivity index (χ0v) is 8.94. The van der Waals surface area contributed by atoms with E-state index in [9.17, 15) is 5.11 Å². The summed E-state index contributed by atoms with van der Waals surface area (Å²) in [6, 6.07) is 7.84. The van der Waals surface area contributed by atoms with Gasteiger partial charge in [0.2, 0.25) is 5.62 Å². The second-order valence-corrected chi connectivity index (χ2v) is 3.83. The Bertz CT molecular complexity index is 536. The molecule has 2 N–H and O–H groups in total. The lowest BCUT2D eigenvalue weighted by Crippen LogP contribution is -2.26. The Morgan fingerprint density at radius 2 is 1.93 bits per heavy atom. The highest BCUT2D eigenvalue weighted by Crippen LogP contribution is 2.11. The van der Waals surface area contributed by atoms with Gasteiger partial charge in [0.15, 0.2) is 0 Å². The van der Waals surface area contributed by atoms with E-state index in [-0.39, 0.29) is 0 Å². The molecule has 2 rings (SSSR count). The maximum Gasteiger partial charge on any atom is 0.202 e. The summed E-state index contributed by atoms with van der Waals surface area (Å²) in [5, 5.41) is 17.3. The largest absolute Gasteiger partial charge is 0.392 e. The summed E-state index contributed by atoms with van der Waals surface area (Å²) in [6.45, 7) is 2.19. The number of benzene rings is 1. The summed E-state index contributed by atoms with van der Waals surface area (Å²) < 4.78 is 3.64. The van der Waals surface area contributed by atoms with Crippen LogP contribution in [-0.2, 0) is 13.6 Å². The van der Waals surface area contributed by atoms with Crippen LogP contribution in [0.3, 0.4) is 0 Å². The van der Waals surface area contributed by atoms with Crippen molar-refractivity contribution < 1.29 is 5.11 Å². The van der Waals surface area contributed by atoms with Crippen molar-refractivity contribution in [3.8, 4) is 0 Å². The molecule has 15 heavy (non-hydrogen) atoms. The van der Waals surface area contributed by atoms with Crippen LogP contribution in [0.4, 0.5) is 0 Å². The number of rotatable bonds is 2. The average molecular weight is 205 g/mol. The number of fused-ring (bicyclic) bond motifs is 1. The quantitative estimate of drug-likeness (QED) is 0.750. The number of aliphatic hydroxyl groups excluding tert-OH is 1. The van der Waals surface area contributed by atoms with Crippen molar-refractivity contribution in [2.75, 3.05) is 0 Å². The Labute approximate surface area is 87.9 Å². The fraction of sp³-hybridized carbons (Fsp3) is 0.364. The molecular weight excluding hydrogens is 190 g/mol. The molecule has 1 heterocycles. The summed E-state index contributed by atoms with van der Waals surface area (Å²) in [5.74, 6) is 0. The highest BCUT2D eigenvalue weighted by molar-refractivity contribution is 5.75. The van der Waals surface area contributed by atoms with Gasteiger partial charge in [-0.15, -0.1) is 0 Å². The molecule has 0 amide bonds. The molecule has 0 saturated carbocycles. The maximum atomic E-state index is 9.39. The van der Waals surface area contributed by atoms with Gasteiger partial charge in [0.25, 0.3) is 0 Å². The van der Waals surface area contributed by atoms with Gasteiger partial charge in [-0.3, -0.25) is 5.41 Å². The molecule has 2 aromatic rings. The monoisotopic (exact) mass is 205 g/mol. The Kier molecular flexibility index (Phi) is 2.36. The fourth-order valence-corrected chi connectivity index (χ4v) is 1.83. The minimum absolute atomic E-state index is 0.414. The predicted molar refractivity (Wildman–Crippen MR) is 58.4 cm³/mol. The molecule has 0 aliphatic carbocycles. The van der Waals surface area contributed by atoms with E-state index < -0.39 is 6.10 Å². The van der Waals surface area contributed by atoms with Crippen molar-refractivity contribution in [2.24, 2.45) is 7.05 Å². The van der Waals surface area contributed by atoms with Crippen LogP contribution in [0.15, 0.2) is 24.3 Å². The molecule has 1 aromatic heterocycles. The van der Waals surface area contributed by atoms with Gasteiger partial charge < -0.3 is 14.2 Å². The van der Waals surface area contributed by atoms with Gasteiger partial charge in [-0.05, 0) is 19.1 Å². The summed E-state index contributed by atoms with van der Waals surface area (Å²) in [7, 11) is 1.86. The first-order valence-electron chi connectivity index (χ1n) is 4.98. The molecule has 0 aliphatic heterocycles. The molecule has 1 aromatic carbocycles. The Hall–Kier alpha value is -1.55. The molecule has 0 spiro atoms. The molecule has 0 unspecified atom stereocenters. The second kappa shape index (κ2) is 3.55. The van der Waals surface area contributed by atoms with Gasteiger partial charge in [-0.1, -0.05) is 12.1 Å². The third-order valence-electron chi connectivity index (χ3n) is 2.55. The minimum atomic E-state index is -0.440. The normalized spacial score (nSPS) is 13.3. The van der Waals surface area contributed by atoms with Crippen LogP contribution < -0.4 is 5.62 Å². The molecule has 0 fully saturated rings. The van der Waals surface area contributed by atoms with Crippen LogP contribution in [0.25, 0.3) is 11.0 Å². The van der Waals surface area contributed by atoms with Crippen molar-refractivity contribution in [2.45, 2.75) is 19.6 Å². The zero-order chi connectivity index (χ0) is 11.0. The third kappa shape index (κ3) is 1.57. The van der Waals surface area contributed by atoms with Crippen molar-refractivity contribution in [1.29, 1.82) is 5.41 Å². The molecule has 80 valence electrons. The van der Waals surface area contributed by atoms with Gasteiger partial charge in [-0.25, -0.2) is 0 Å². The number of nitrogens with one attached hydrogen (secondary N) is 1. The predicted octanol–water partition coefficient (Wildman–Crippen LogP) is 0.840. The van der Waals surface area contributed by atoms with Crippen LogP contribution in [0, 0.1) is 5.41 Å². The van der Waals surface area contributed by atoms with Gasteiger partial charge >= 0.3 is 0 Å². The number of hydrogen-bond donors (Lipinski definition) is 2. The number of imidazole rings is 1. The van der Waals surface area contributed by atoms with Gasteiger partial charge in [0, 0.05) is 7.05 Å². The van der Waals surface area contributed by atoms with E-state index in [2.05, 4.69) is 0 Å². The first-order chi connectivity index (χ1) is 7.11. The number of aromatic nitrogens is 2. The molecule has 4 heteroatoms. The lowest BCUT2D eigenvalue weighted by molar-refractivity contribution is 0.173. The maximum absolute atomic E-state index is 9.39. The topological polar surface area (TPSA) is 53.9 Å². The highest BCUT2D eigenvalue weighted by Gasteiger charge is 2.08. The van der Waals surface area contributed by atoms with Gasteiger partial charge in [0.05, 0.1) is 23.7 Å². The zero-order valence-electron chi connectivity index (χ0n) is 8.94. The summed E-state index contributed by atoms with van der Waals surface area (Å²) >= 11 is 0. The van der Waals surface area contributed by atoms with Crippen LogP contribution in [-0.4, -0.2) is 20.3 Å². The molecule has 1 atom stereocenters. The first-order valence-corrected chi connectivity index (χ1v) is 4.98. The SMILES string of the molecule is C[C@H](O)Cn1c(=N)n(C)c2ccccc21. The minimum Gasteiger partial charge on any atom is -0.392 e. The molecule has 0 aliphatic rings. The van der Waals surface area contributed by atoms with Crippen LogP contribution in [0.2, 0.25) is 0 Å². The lowest BCUT2D eigenvalue weighted by atomic mass is 10.3. The van der Waals surface area contributed by atoms with E-state index in [0.29, 0.717) is 12.2 Å². The number of hydrogen-bond acceptors (Lipinski definition) is 2. The first kappa shape index (κ1) is 9.98. The molecule has 0 bridgehead atoms. The highest BCUT2D eigenvalue weighted by atomic mass is 16.3. The summed E-state index contributed by atoms with van der Waals surface area (Å²) in [5.41, 5.74) is 2.42. The van der Waals surface area contributed by atoms with Crippen molar-refractivity contribution in [3.63, 3.8) is 0 Å². The van der Waals surface area contributed by atoms with E-state index in [1.54, 1.807) is 6.92 Å². The Balaban J connectivity index is 2.72. The Morgan fingerprint density at radius 1 is 1.33 bits per heavy atom. The van der Waals surface area contributed by atoms with Crippen LogP contribution >= 0.6 is 0 Å². The van der Waals surface area contributed by atoms with E-state index in [1.165, 1.54) is 0 Å². The lowest BCUT2D eigenvalue weighted by Gasteiger charge is -2.06. The smallest absolute Gasteiger partial charge is 0.202 e. The molecule has 0 saturated heterocycles. The Morgan fingerprint density at radius 3 is 2.53 bits per heavy atom. The second-order valence-electron chi connectivity index (χ2n) is 3.83. The van der Waals surface area contributed by atoms with Gasteiger partial charge in [-0.2, -0.15) is 0 Å². The van der Waals surface area contributed by atoms with Gasteiger partial charge in [0.1, 0.15) is 0 Å². The molecule has 4 nitrogen and oxygen atoms in total. The molecule has 0 radical (unpaired) electrons.